The van der Waals surface area contributed by atoms with E-state index in [9.17, 15) is 4.79 Å². The fourth-order valence-corrected chi connectivity index (χ4v) is 3.12. The number of nitrogens with one attached hydrogen (secondary N) is 3. The summed E-state index contributed by atoms with van der Waals surface area (Å²) >= 11 is 0. The van der Waals surface area contributed by atoms with E-state index in [0.29, 0.717) is 6.54 Å². The third kappa shape index (κ3) is 8.84. The number of hydrogen-bond acceptors (Lipinski definition) is 4. The number of aryl methyl sites for hydroxylation is 1. The van der Waals surface area contributed by atoms with Crippen molar-refractivity contribution in [3.05, 3.63) is 24.3 Å². The van der Waals surface area contributed by atoms with E-state index < -0.39 is 0 Å². The normalized spacial score (nSPS) is 15.7. The molecule has 25 heavy (non-hydrogen) atoms. The molecule has 0 saturated heterocycles. The van der Waals surface area contributed by atoms with Crippen LogP contribution in [-0.4, -0.2) is 47.7 Å². The van der Waals surface area contributed by atoms with Crippen LogP contribution in [-0.2, 0) is 11.8 Å². The van der Waals surface area contributed by atoms with Crippen LogP contribution in [0.1, 0.15) is 50.6 Å². The van der Waals surface area contributed by atoms with Gasteiger partial charge in [-0.1, -0.05) is 19.3 Å². The molecule has 1 heterocycles. The summed E-state index contributed by atoms with van der Waals surface area (Å²) in [6.45, 7) is 3.80. The summed E-state index contributed by atoms with van der Waals surface area (Å²) < 4.78 is 1.86. The lowest BCUT2D eigenvalue weighted by Gasteiger charge is -2.22. The van der Waals surface area contributed by atoms with Crippen LogP contribution in [0.4, 0.5) is 0 Å². The lowest BCUT2D eigenvalue weighted by molar-refractivity contribution is -0.116. The molecule has 0 spiro atoms. The van der Waals surface area contributed by atoms with Crippen molar-refractivity contribution < 1.29 is 4.79 Å². The number of unbranched alkanes of at least 4 members (excludes halogenated alkanes) is 1. The zero-order valence-corrected chi connectivity index (χ0v) is 15.5. The van der Waals surface area contributed by atoms with Crippen molar-refractivity contribution in [2.24, 2.45) is 7.05 Å². The molecule has 1 amide bonds. The molecule has 6 nitrogen and oxygen atoms in total. The molecule has 0 unspecified atom stereocenters. The Morgan fingerprint density at radius 2 is 2.00 bits per heavy atom. The maximum absolute atomic E-state index is 11.7. The number of hydrogen-bond donors (Lipinski definition) is 3. The van der Waals surface area contributed by atoms with Crippen molar-refractivity contribution in [3.63, 3.8) is 0 Å². The average Bonchev–Trinajstić information content (AvgIpc) is 3.05. The largest absolute Gasteiger partial charge is 0.353 e. The quantitative estimate of drug-likeness (QED) is 0.422. The van der Waals surface area contributed by atoms with Crippen molar-refractivity contribution in [2.75, 3.05) is 26.2 Å². The maximum Gasteiger partial charge on any atom is 0.244 e. The maximum atomic E-state index is 11.7. The van der Waals surface area contributed by atoms with Crippen LogP contribution in [0.2, 0.25) is 0 Å². The molecular formula is C19H33N5O. The van der Waals surface area contributed by atoms with Gasteiger partial charge in [-0.3, -0.25) is 4.79 Å². The summed E-state index contributed by atoms with van der Waals surface area (Å²) in [5.74, 6) is -0.0599. The van der Waals surface area contributed by atoms with Crippen molar-refractivity contribution >= 4 is 12.0 Å². The lowest BCUT2D eigenvalue weighted by atomic mass is 9.95. The Balaban J connectivity index is 1.39. The first-order chi connectivity index (χ1) is 12.2. The number of amides is 1. The lowest BCUT2D eigenvalue weighted by Crippen LogP contribution is -2.36. The summed E-state index contributed by atoms with van der Waals surface area (Å²) in [6.07, 6.45) is 15.8. The molecule has 0 aromatic carbocycles. The Labute approximate surface area is 151 Å². The van der Waals surface area contributed by atoms with E-state index >= 15 is 0 Å². The Bertz CT molecular complexity index is 520. The van der Waals surface area contributed by atoms with Gasteiger partial charge >= 0.3 is 0 Å². The van der Waals surface area contributed by atoms with E-state index in [0.717, 1.165) is 44.2 Å². The standard InChI is InChI=1S/C19H33N5O/c1-24-15-18(23-16-24)9-10-19(25)22-12-6-5-11-20-13-14-21-17-7-3-2-4-8-17/h9-10,15-17,20-21H,2-8,11-14H2,1H3,(H,22,25)/b10-9+. The highest BCUT2D eigenvalue weighted by atomic mass is 16.1. The zero-order valence-electron chi connectivity index (χ0n) is 15.5. The second-order valence-corrected chi connectivity index (χ2v) is 6.83. The Morgan fingerprint density at radius 3 is 2.76 bits per heavy atom. The third-order valence-electron chi connectivity index (χ3n) is 4.55. The van der Waals surface area contributed by atoms with Gasteiger partial charge in [0, 0.05) is 45.0 Å². The van der Waals surface area contributed by atoms with Crippen molar-refractivity contribution in [3.8, 4) is 0 Å². The number of nitrogens with zero attached hydrogens (tertiary/aromatic N) is 2. The molecule has 1 aliphatic rings. The van der Waals surface area contributed by atoms with Gasteiger partial charge in [-0.2, -0.15) is 0 Å². The highest BCUT2D eigenvalue weighted by molar-refractivity contribution is 5.91. The van der Waals surface area contributed by atoms with Gasteiger partial charge in [-0.25, -0.2) is 4.98 Å². The molecule has 0 bridgehead atoms. The Morgan fingerprint density at radius 1 is 1.20 bits per heavy atom. The first-order valence-electron chi connectivity index (χ1n) is 9.62. The van der Waals surface area contributed by atoms with Crippen LogP contribution in [0.5, 0.6) is 0 Å². The van der Waals surface area contributed by atoms with Crippen molar-refractivity contribution in [2.45, 2.75) is 51.0 Å². The Kier molecular flexibility index (Phi) is 9.29. The summed E-state index contributed by atoms with van der Waals surface area (Å²) in [5, 5.41) is 10.0. The molecule has 2 rings (SSSR count). The summed E-state index contributed by atoms with van der Waals surface area (Å²) in [5.41, 5.74) is 0.795. The van der Waals surface area contributed by atoms with Crippen LogP contribution in [0.3, 0.4) is 0 Å². The minimum absolute atomic E-state index is 0.0599. The first kappa shape index (κ1) is 19.7. The number of rotatable bonds is 11. The fourth-order valence-electron chi connectivity index (χ4n) is 3.12. The molecule has 0 atom stereocenters. The minimum Gasteiger partial charge on any atom is -0.353 e. The molecule has 0 radical (unpaired) electrons. The van der Waals surface area contributed by atoms with Crippen LogP contribution >= 0.6 is 0 Å². The van der Waals surface area contributed by atoms with Crippen molar-refractivity contribution in [1.29, 1.82) is 0 Å². The van der Waals surface area contributed by atoms with E-state index in [1.54, 1.807) is 12.4 Å². The zero-order chi connectivity index (χ0) is 17.7. The number of carbonyl (C=O) groups excluding carboxylic acids is 1. The van der Waals surface area contributed by atoms with Gasteiger partial charge in [0.15, 0.2) is 0 Å². The molecule has 1 aromatic rings. The average molecular weight is 348 g/mol. The molecule has 1 fully saturated rings. The first-order valence-corrected chi connectivity index (χ1v) is 9.62. The fraction of sp³-hybridized carbons (Fsp3) is 0.684. The van der Waals surface area contributed by atoms with Gasteiger partial charge in [-0.15, -0.1) is 0 Å². The van der Waals surface area contributed by atoms with Crippen LogP contribution in [0.15, 0.2) is 18.6 Å². The van der Waals surface area contributed by atoms with Crippen LogP contribution in [0, 0.1) is 0 Å². The van der Waals surface area contributed by atoms with E-state index in [-0.39, 0.29) is 5.91 Å². The molecule has 140 valence electrons. The van der Waals surface area contributed by atoms with Gasteiger partial charge < -0.3 is 20.5 Å². The third-order valence-corrected chi connectivity index (χ3v) is 4.55. The van der Waals surface area contributed by atoms with E-state index in [1.807, 2.05) is 17.8 Å². The Hall–Kier alpha value is -1.66. The van der Waals surface area contributed by atoms with Gasteiger partial charge in [-0.05, 0) is 38.3 Å². The van der Waals surface area contributed by atoms with Crippen molar-refractivity contribution in [1.82, 2.24) is 25.5 Å². The smallest absolute Gasteiger partial charge is 0.244 e. The van der Waals surface area contributed by atoms with Gasteiger partial charge in [0.2, 0.25) is 5.91 Å². The van der Waals surface area contributed by atoms with Gasteiger partial charge in [0.1, 0.15) is 0 Å². The second kappa shape index (κ2) is 11.8. The molecule has 1 saturated carbocycles. The highest BCUT2D eigenvalue weighted by Crippen LogP contribution is 2.16. The van der Waals surface area contributed by atoms with Gasteiger partial charge in [0.25, 0.3) is 0 Å². The van der Waals surface area contributed by atoms with E-state index in [4.69, 9.17) is 0 Å². The molecule has 3 N–H and O–H groups in total. The molecular weight excluding hydrogens is 314 g/mol. The number of aromatic nitrogens is 2. The monoisotopic (exact) mass is 347 g/mol. The summed E-state index contributed by atoms with van der Waals surface area (Å²) in [7, 11) is 1.91. The van der Waals surface area contributed by atoms with E-state index in [2.05, 4.69) is 20.9 Å². The van der Waals surface area contributed by atoms with Crippen LogP contribution in [0.25, 0.3) is 6.08 Å². The topological polar surface area (TPSA) is 71.0 Å². The molecule has 0 aliphatic heterocycles. The highest BCUT2D eigenvalue weighted by Gasteiger charge is 2.11. The summed E-state index contributed by atoms with van der Waals surface area (Å²) in [6, 6.07) is 0.741. The SMILES string of the molecule is Cn1cnc(/C=C/C(=O)NCCCCNCCNC2CCCCC2)c1. The minimum atomic E-state index is -0.0599. The summed E-state index contributed by atoms with van der Waals surface area (Å²) in [4.78, 5) is 15.8. The molecule has 1 aliphatic carbocycles. The molecule has 6 heteroatoms. The second-order valence-electron chi connectivity index (χ2n) is 6.83. The predicted octanol–water partition coefficient (Wildman–Crippen LogP) is 1.84. The number of imidazole rings is 1. The van der Waals surface area contributed by atoms with Gasteiger partial charge in [0.05, 0.1) is 12.0 Å². The number of carbonyl (C=O) groups is 1. The van der Waals surface area contributed by atoms with Crippen LogP contribution < -0.4 is 16.0 Å². The predicted molar refractivity (Wildman–Crippen MR) is 102 cm³/mol. The van der Waals surface area contributed by atoms with E-state index in [1.165, 1.54) is 38.2 Å². The molecule has 1 aromatic heterocycles.